The first-order chi connectivity index (χ1) is 22.5. The molecule has 0 unspecified atom stereocenters. The maximum atomic E-state index is 10.1. The van der Waals surface area contributed by atoms with E-state index in [0.717, 1.165) is 33.4 Å². The zero-order chi connectivity index (χ0) is 40.9. The van der Waals surface area contributed by atoms with Gasteiger partial charge in [-0.1, -0.05) is 161 Å². The van der Waals surface area contributed by atoms with Crippen molar-refractivity contribution < 1.29 is 31.8 Å². The number of hydrogen-bond acceptors (Lipinski definition) is 3. The van der Waals surface area contributed by atoms with E-state index in [1.165, 1.54) is 16.7 Å². The van der Waals surface area contributed by atoms with Crippen LogP contribution in [0.3, 0.4) is 0 Å². The second-order valence-corrected chi connectivity index (χ2v) is 23.2. The van der Waals surface area contributed by atoms with Crippen LogP contribution in [0.1, 0.15) is 175 Å². The summed E-state index contributed by atoms with van der Waals surface area (Å²) in [7, 11) is 9.79. The van der Waals surface area contributed by atoms with Gasteiger partial charge >= 0.3 is 35.3 Å². The molecule has 0 radical (unpaired) electrons. The number of halogens is 2. The molecular weight excluding hydrogens is 755 g/mol. The number of aromatic hydroxyl groups is 3. The number of aryl methyl sites for hydroxylation is 3. The summed E-state index contributed by atoms with van der Waals surface area (Å²) in [5.41, 5.74) is 10.2. The fourth-order valence-corrected chi connectivity index (χ4v) is 5.35. The Morgan fingerprint density at radius 1 is 0.353 bits per heavy atom. The first-order valence-corrected chi connectivity index (χ1v) is 23.1. The van der Waals surface area contributed by atoms with Gasteiger partial charge in [0.2, 0.25) is 0 Å². The van der Waals surface area contributed by atoms with Gasteiger partial charge in [0, 0.05) is 0 Å². The van der Waals surface area contributed by atoms with Crippen LogP contribution in [0.2, 0.25) is 0 Å². The van der Waals surface area contributed by atoms with Crippen LogP contribution in [0.4, 0.5) is 0 Å². The third-order valence-electron chi connectivity index (χ3n) is 8.92. The molecule has 0 amide bonds. The Morgan fingerprint density at radius 2 is 0.510 bits per heavy atom. The average molecular weight is 828 g/mol. The summed E-state index contributed by atoms with van der Waals surface area (Å²) in [6, 6.07) is 12.7. The predicted octanol–water partition coefficient (Wildman–Crippen LogP) is 14.3. The SMILES string of the molecule is Cc1cc(C(C)(C)C)cc(C(C)(C)C)c1O.Cc1cc(C(C)(C)C)cc(C(C)(C)C)c1O.Cc1cc(C(C)(C)C)cc(C(C)(C)C)c1O.[Cl][Mo][Cl]. The first kappa shape index (κ1) is 49.3. The van der Waals surface area contributed by atoms with Gasteiger partial charge in [-0.05, 0) is 103 Å². The molecule has 0 heterocycles. The molecule has 0 aliphatic carbocycles. The number of phenols is 3. The monoisotopic (exact) mass is 828 g/mol. The molecule has 0 aliphatic rings. The van der Waals surface area contributed by atoms with Gasteiger partial charge < -0.3 is 15.3 Å². The summed E-state index contributed by atoms with van der Waals surface area (Å²) in [4.78, 5) is 0. The van der Waals surface area contributed by atoms with Crippen molar-refractivity contribution >= 4 is 18.8 Å². The summed E-state index contributed by atoms with van der Waals surface area (Å²) in [5.74, 6) is 1.33. The summed E-state index contributed by atoms with van der Waals surface area (Å²) >= 11 is -0.586. The van der Waals surface area contributed by atoms with Crippen LogP contribution in [0.5, 0.6) is 17.2 Å². The number of hydrogen-bond donors (Lipinski definition) is 3. The molecule has 0 atom stereocenters. The van der Waals surface area contributed by atoms with E-state index in [1.807, 2.05) is 20.8 Å². The maximum absolute atomic E-state index is 10.1. The molecule has 3 aromatic rings. The van der Waals surface area contributed by atoms with Crippen molar-refractivity contribution in [2.75, 3.05) is 0 Å². The number of benzene rings is 3. The van der Waals surface area contributed by atoms with Gasteiger partial charge in [-0.2, -0.15) is 0 Å². The van der Waals surface area contributed by atoms with Crippen molar-refractivity contribution in [3.8, 4) is 17.2 Å². The Hall–Kier alpha value is -1.67. The van der Waals surface area contributed by atoms with Gasteiger partial charge in [0.25, 0.3) is 0 Å². The van der Waals surface area contributed by atoms with E-state index in [0.29, 0.717) is 17.2 Å². The average Bonchev–Trinajstić information content (AvgIpc) is 2.90. The summed E-state index contributed by atoms with van der Waals surface area (Å²) in [5, 5.41) is 30.4. The topological polar surface area (TPSA) is 60.7 Å². The van der Waals surface area contributed by atoms with Gasteiger partial charge in [-0.15, -0.1) is 0 Å². The van der Waals surface area contributed by atoms with E-state index in [9.17, 15) is 15.3 Å². The molecule has 6 heteroatoms. The molecule has 3 nitrogen and oxygen atoms in total. The van der Waals surface area contributed by atoms with Crippen molar-refractivity contribution in [2.24, 2.45) is 0 Å². The Balaban J connectivity index is 0.000000707. The second kappa shape index (κ2) is 18.1. The molecule has 0 saturated carbocycles. The van der Waals surface area contributed by atoms with E-state index in [4.69, 9.17) is 18.8 Å². The molecule has 0 spiro atoms. The quantitative estimate of drug-likeness (QED) is 0.198. The van der Waals surface area contributed by atoms with E-state index in [-0.39, 0.29) is 32.5 Å². The number of rotatable bonds is 0. The summed E-state index contributed by atoms with van der Waals surface area (Å²) in [6.07, 6.45) is 0. The Morgan fingerprint density at radius 3 is 0.627 bits per heavy atom. The first-order valence-electron chi connectivity index (χ1n) is 17.9. The van der Waals surface area contributed by atoms with Gasteiger partial charge in [-0.3, -0.25) is 0 Å². The molecule has 0 aromatic heterocycles. The fraction of sp³-hybridized carbons (Fsp3) is 0.600. The normalized spacial score (nSPS) is 12.5. The molecule has 3 rings (SSSR count). The molecule has 0 fully saturated rings. The van der Waals surface area contributed by atoms with Gasteiger partial charge in [0.1, 0.15) is 17.2 Å². The van der Waals surface area contributed by atoms with E-state index >= 15 is 0 Å². The van der Waals surface area contributed by atoms with Crippen LogP contribution in [0.15, 0.2) is 36.4 Å². The third kappa shape index (κ3) is 15.3. The van der Waals surface area contributed by atoms with E-state index < -0.39 is 16.5 Å². The Labute approximate surface area is 330 Å². The third-order valence-corrected chi connectivity index (χ3v) is 8.92. The zero-order valence-electron chi connectivity index (χ0n) is 36.0. The van der Waals surface area contributed by atoms with Crippen molar-refractivity contribution in [1.29, 1.82) is 0 Å². The van der Waals surface area contributed by atoms with E-state index in [1.54, 1.807) is 0 Å². The minimum atomic E-state index is -0.586. The second-order valence-electron chi connectivity index (χ2n) is 20.1. The molecular formula is C45H72Cl2MoO3. The van der Waals surface area contributed by atoms with Gasteiger partial charge in [0.05, 0.1) is 0 Å². The van der Waals surface area contributed by atoms with Crippen molar-refractivity contribution in [1.82, 2.24) is 0 Å². The van der Waals surface area contributed by atoms with Crippen LogP contribution in [0, 0.1) is 20.8 Å². The van der Waals surface area contributed by atoms with Crippen LogP contribution in [-0.4, -0.2) is 15.3 Å². The van der Waals surface area contributed by atoms with Crippen LogP contribution >= 0.6 is 18.8 Å². The van der Waals surface area contributed by atoms with Crippen molar-refractivity contribution in [3.63, 3.8) is 0 Å². The van der Waals surface area contributed by atoms with Crippen LogP contribution < -0.4 is 0 Å². The zero-order valence-corrected chi connectivity index (χ0v) is 39.5. The van der Waals surface area contributed by atoms with Gasteiger partial charge in [-0.25, -0.2) is 0 Å². The molecule has 0 bridgehead atoms. The molecule has 51 heavy (non-hydrogen) atoms. The standard InChI is InChI=1S/3C15H24O.2ClH.Mo/c3*1-10-8-11(14(2,3)4)9-12(13(10)16)15(5,6)7;;;/h3*8-9,16H,1-7H3;2*1H;/q;;;;;+2/p-2. The molecule has 290 valence electrons. The Kier molecular flexibility index (Phi) is 17.5. The Bertz CT molecular complexity index is 1390. The van der Waals surface area contributed by atoms with Gasteiger partial charge in [0.15, 0.2) is 0 Å². The van der Waals surface area contributed by atoms with Crippen LogP contribution in [-0.2, 0) is 49.0 Å². The predicted molar refractivity (Wildman–Crippen MR) is 222 cm³/mol. The van der Waals surface area contributed by atoms with Crippen molar-refractivity contribution in [3.05, 3.63) is 86.5 Å². The summed E-state index contributed by atoms with van der Waals surface area (Å²) < 4.78 is 0. The number of phenolic OH excluding ortho intramolecular Hbond substituents is 3. The van der Waals surface area contributed by atoms with E-state index in [2.05, 4.69) is 161 Å². The van der Waals surface area contributed by atoms with Crippen molar-refractivity contribution in [2.45, 2.75) is 178 Å². The molecule has 0 saturated heterocycles. The molecule has 3 N–H and O–H groups in total. The minimum absolute atomic E-state index is 0.0178. The molecule has 0 aliphatic heterocycles. The fourth-order valence-electron chi connectivity index (χ4n) is 5.35. The summed E-state index contributed by atoms with van der Waals surface area (Å²) in [6.45, 7) is 44.9. The molecule has 3 aromatic carbocycles. The van der Waals surface area contributed by atoms with Crippen LogP contribution in [0.25, 0.3) is 0 Å².